The van der Waals surface area contributed by atoms with Gasteiger partial charge in [0.25, 0.3) is 0 Å². The van der Waals surface area contributed by atoms with Crippen LogP contribution in [0.5, 0.6) is 0 Å². The van der Waals surface area contributed by atoms with E-state index in [4.69, 9.17) is 5.73 Å². The highest BCUT2D eigenvalue weighted by molar-refractivity contribution is 5.95. The Morgan fingerprint density at radius 1 is 1.45 bits per heavy atom. The third-order valence-electron chi connectivity index (χ3n) is 2.87. The zero-order chi connectivity index (χ0) is 14.7. The molecule has 104 valence electrons. The smallest absolute Gasteiger partial charge is 0.340 e. The molecule has 2 aromatic rings. The SMILES string of the molecule is COC(=O)c1cc(Nc2cccc(F)c2C)ncc1N. The summed E-state index contributed by atoms with van der Waals surface area (Å²) >= 11 is 0. The third-order valence-corrected chi connectivity index (χ3v) is 2.87. The van der Waals surface area contributed by atoms with E-state index in [2.05, 4.69) is 15.0 Å². The number of rotatable bonds is 3. The summed E-state index contributed by atoms with van der Waals surface area (Å²) in [5.74, 6) is -0.490. The zero-order valence-corrected chi connectivity index (χ0v) is 11.1. The summed E-state index contributed by atoms with van der Waals surface area (Å²) < 4.78 is 18.1. The molecule has 1 heterocycles. The number of halogens is 1. The first-order valence-electron chi connectivity index (χ1n) is 5.89. The van der Waals surface area contributed by atoms with E-state index >= 15 is 0 Å². The number of methoxy groups -OCH3 is 1. The predicted octanol–water partition coefficient (Wildman–Crippen LogP) is 2.64. The molecule has 0 aliphatic rings. The van der Waals surface area contributed by atoms with Crippen LogP contribution in [0, 0.1) is 12.7 Å². The Hall–Kier alpha value is -2.63. The number of hydrogen-bond acceptors (Lipinski definition) is 5. The van der Waals surface area contributed by atoms with E-state index in [9.17, 15) is 9.18 Å². The maximum atomic E-state index is 13.5. The van der Waals surface area contributed by atoms with Gasteiger partial charge in [0.15, 0.2) is 0 Å². The number of anilines is 3. The van der Waals surface area contributed by atoms with Crippen LogP contribution in [-0.2, 0) is 4.74 Å². The molecule has 0 saturated carbocycles. The average Bonchev–Trinajstić information content (AvgIpc) is 2.45. The molecule has 0 aliphatic heterocycles. The molecule has 6 heteroatoms. The number of aromatic nitrogens is 1. The minimum atomic E-state index is -0.552. The summed E-state index contributed by atoms with van der Waals surface area (Å²) in [4.78, 5) is 15.6. The lowest BCUT2D eigenvalue weighted by Crippen LogP contribution is -2.07. The van der Waals surface area contributed by atoms with Gasteiger partial charge in [0.2, 0.25) is 0 Å². The van der Waals surface area contributed by atoms with E-state index < -0.39 is 5.97 Å². The normalized spacial score (nSPS) is 10.2. The summed E-state index contributed by atoms with van der Waals surface area (Å²) in [7, 11) is 1.27. The molecule has 1 aromatic heterocycles. The molecule has 20 heavy (non-hydrogen) atoms. The van der Waals surface area contributed by atoms with Gasteiger partial charge in [0.05, 0.1) is 24.6 Å². The largest absolute Gasteiger partial charge is 0.465 e. The molecule has 0 bridgehead atoms. The molecular weight excluding hydrogens is 261 g/mol. The summed E-state index contributed by atoms with van der Waals surface area (Å²) in [6.07, 6.45) is 1.35. The summed E-state index contributed by atoms with van der Waals surface area (Å²) in [6, 6.07) is 6.14. The lowest BCUT2D eigenvalue weighted by Gasteiger charge is -2.11. The second-order valence-corrected chi connectivity index (χ2v) is 4.19. The summed E-state index contributed by atoms with van der Waals surface area (Å²) in [5.41, 5.74) is 7.12. The van der Waals surface area contributed by atoms with Crippen LogP contribution in [0.15, 0.2) is 30.5 Å². The maximum absolute atomic E-state index is 13.5. The number of nitrogens with one attached hydrogen (secondary N) is 1. The molecule has 3 N–H and O–H groups in total. The van der Waals surface area contributed by atoms with Crippen molar-refractivity contribution in [2.24, 2.45) is 0 Å². The number of esters is 1. The number of benzene rings is 1. The van der Waals surface area contributed by atoms with Gasteiger partial charge in [-0.1, -0.05) is 6.07 Å². The van der Waals surface area contributed by atoms with Gasteiger partial charge in [-0.2, -0.15) is 0 Å². The van der Waals surface area contributed by atoms with Crippen molar-refractivity contribution in [3.8, 4) is 0 Å². The first-order chi connectivity index (χ1) is 9.52. The van der Waals surface area contributed by atoms with Gasteiger partial charge < -0.3 is 15.8 Å². The van der Waals surface area contributed by atoms with Crippen LogP contribution in [0.4, 0.5) is 21.6 Å². The predicted molar refractivity (Wildman–Crippen MR) is 74.4 cm³/mol. The van der Waals surface area contributed by atoms with Crippen molar-refractivity contribution in [2.45, 2.75) is 6.92 Å². The van der Waals surface area contributed by atoms with E-state index in [1.54, 1.807) is 19.1 Å². The van der Waals surface area contributed by atoms with Gasteiger partial charge in [-0.25, -0.2) is 14.2 Å². The molecule has 0 atom stereocenters. The van der Waals surface area contributed by atoms with E-state index in [0.717, 1.165) is 0 Å². The van der Waals surface area contributed by atoms with Gasteiger partial charge in [-0.05, 0) is 25.1 Å². The highest BCUT2D eigenvalue weighted by atomic mass is 19.1. The molecular formula is C14H14FN3O2. The van der Waals surface area contributed by atoms with Gasteiger partial charge >= 0.3 is 5.97 Å². The standard InChI is InChI=1S/C14H14FN3O2/c1-8-10(15)4-3-5-12(8)18-13-6-9(14(19)20-2)11(16)7-17-13/h3-7H,16H2,1-2H3,(H,17,18). The number of nitrogen functional groups attached to an aromatic ring is 1. The Bertz CT molecular complexity index is 659. The minimum absolute atomic E-state index is 0.207. The van der Waals surface area contributed by atoms with Crippen molar-refractivity contribution in [1.82, 2.24) is 4.98 Å². The van der Waals surface area contributed by atoms with Crippen LogP contribution < -0.4 is 11.1 Å². The second-order valence-electron chi connectivity index (χ2n) is 4.19. The molecule has 5 nitrogen and oxygen atoms in total. The van der Waals surface area contributed by atoms with Crippen molar-refractivity contribution in [2.75, 3.05) is 18.2 Å². The Balaban J connectivity index is 2.35. The van der Waals surface area contributed by atoms with Crippen LogP contribution in [0.25, 0.3) is 0 Å². The Kier molecular flexibility index (Phi) is 3.84. The highest BCUT2D eigenvalue weighted by Crippen LogP contribution is 2.23. The van der Waals surface area contributed by atoms with E-state index in [1.807, 2.05) is 0 Å². The molecule has 0 fully saturated rings. The molecule has 2 rings (SSSR count). The number of pyridine rings is 1. The molecule has 0 radical (unpaired) electrons. The first-order valence-corrected chi connectivity index (χ1v) is 5.89. The fraction of sp³-hybridized carbons (Fsp3) is 0.143. The van der Waals surface area contributed by atoms with Crippen LogP contribution in [0.2, 0.25) is 0 Å². The number of nitrogens with two attached hydrogens (primary N) is 1. The lowest BCUT2D eigenvalue weighted by molar-refractivity contribution is 0.0602. The van der Waals surface area contributed by atoms with Crippen molar-refractivity contribution < 1.29 is 13.9 Å². The first kappa shape index (κ1) is 13.8. The number of nitrogens with zero attached hydrogens (tertiary/aromatic N) is 1. The maximum Gasteiger partial charge on any atom is 0.340 e. The molecule has 0 aliphatic carbocycles. The van der Waals surface area contributed by atoms with Crippen molar-refractivity contribution in [1.29, 1.82) is 0 Å². The van der Waals surface area contributed by atoms with E-state index in [0.29, 0.717) is 17.1 Å². The number of ether oxygens (including phenoxy) is 1. The molecule has 0 unspecified atom stereocenters. The number of carbonyl (C=O) groups excluding carboxylic acids is 1. The zero-order valence-electron chi connectivity index (χ0n) is 11.1. The topological polar surface area (TPSA) is 77.2 Å². The van der Waals surface area contributed by atoms with E-state index in [-0.39, 0.29) is 17.1 Å². The van der Waals surface area contributed by atoms with Gasteiger partial charge in [0.1, 0.15) is 11.6 Å². The van der Waals surface area contributed by atoms with Crippen LogP contribution in [0.1, 0.15) is 15.9 Å². The fourth-order valence-electron chi connectivity index (χ4n) is 1.70. The van der Waals surface area contributed by atoms with Crippen molar-refractivity contribution in [3.63, 3.8) is 0 Å². The molecule has 0 amide bonds. The molecule has 0 saturated heterocycles. The monoisotopic (exact) mass is 275 g/mol. The van der Waals surface area contributed by atoms with Crippen molar-refractivity contribution in [3.05, 3.63) is 47.4 Å². The van der Waals surface area contributed by atoms with Crippen LogP contribution in [-0.4, -0.2) is 18.1 Å². The van der Waals surface area contributed by atoms with Gasteiger partial charge in [-0.3, -0.25) is 0 Å². The quantitative estimate of drug-likeness (QED) is 0.842. The Morgan fingerprint density at radius 3 is 2.90 bits per heavy atom. The van der Waals surface area contributed by atoms with Crippen LogP contribution >= 0.6 is 0 Å². The lowest BCUT2D eigenvalue weighted by atomic mass is 10.2. The van der Waals surface area contributed by atoms with Gasteiger partial charge in [0, 0.05) is 11.3 Å². The third kappa shape index (κ3) is 2.69. The number of hydrogen-bond donors (Lipinski definition) is 2. The fourth-order valence-corrected chi connectivity index (χ4v) is 1.70. The van der Waals surface area contributed by atoms with Crippen LogP contribution in [0.3, 0.4) is 0 Å². The average molecular weight is 275 g/mol. The second kappa shape index (κ2) is 5.56. The summed E-state index contributed by atoms with van der Waals surface area (Å²) in [6.45, 7) is 1.65. The van der Waals surface area contributed by atoms with E-state index in [1.165, 1.54) is 25.4 Å². The van der Waals surface area contributed by atoms with Crippen molar-refractivity contribution >= 4 is 23.2 Å². The minimum Gasteiger partial charge on any atom is -0.465 e. The van der Waals surface area contributed by atoms with Gasteiger partial charge in [-0.15, -0.1) is 0 Å². The Labute approximate surface area is 115 Å². The Morgan fingerprint density at radius 2 is 2.20 bits per heavy atom. The highest BCUT2D eigenvalue weighted by Gasteiger charge is 2.12. The summed E-state index contributed by atoms with van der Waals surface area (Å²) in [5, 5.41) is 2.95. The number of carbonyl (C=O) groups is 1. The molecule has 0 spiro atoms. The molecule has 1 aromatic carbocycles.